The van der Waals surface area contributed by atoms with Crippen LogP contribution in [0.1, 0.15) is 35.4 Å². The maximum Gasteiger partial charge on any atom is 0.488 e. The van der Waals surface area contributed by atoms with Crippen molar-refractivity contribution in [1.29, 1.82) is 0 Å². The molecule has 7 rings (SSSR count). The molecule has 2 saturated heterocycles. The summed E-state index contributed by atoms with van der Waals surface area (Å²) >= 11 is 14.8. The van der Waals surface area contributed by atoms with E-state index in [1.54, 1.807) is 32.1 Å². The van der Waals surface area contributed by atoms with Crippen LogP contribution >= 0.6 is 23.2 Å². The van der Waals surface area contributed by atoms with Gasteiger partial charge in [-0.3, -0.25) is 24.1 Å². The lowest BCUT2D eigenvalue weighted by Crippen LogP contribution is -2.60. The molecule has 0 spiro atoms. The van der Waals surface area contributed by atoms with E-state index in [-0.39, 0.29) is 35.4 Å². The topological polar surface area (TPSA) is 135 Å². The number of aromatic hydroxyl groups is 1. The van der Waals surface area contributed by atoms with Crippen LogP contribution < -0.4 is 15.3 Å². The molecule has 3 aromatic rings. The fourth-order valence-electron chi connectivity index (χ4n) is 8.01. The van der Waals surface area contributed by atoms with Crippen molar-refractivity contribution in [1.82, 2.24) is 0 Å². The highest BCUT2D eigenvalue weighted by Crippen LogP contribution is 2.66. The van der Waals surface area contributed by atoms with Gasteiger partial charge in [0.05, 0.1) is 23.2 Å². The molecule has 0 aromatic heterocycles. The Labute approximate surface area is 279 Å². The van der Waals surface area contributed by atoms with Gasteiger partial charge in [-0.25, -0.2) is 9.29 Å². The van der Waals surface area contributed by atoms with Crippen molar-refractivity contribution in [3.63, 3.8) is 0 Å². The largest absolute Gasteiger partial charge is 0.507 e. The third kappa shape index (κ3) is 4.29. The Balaban J connectivity index is 1.40. The standard InChI is InChI=1S/C34H28BCl2FN2O7/c1-16-12-18(13-17(2)28(16)41)27-23-10-11-24-26(30(43)39(29(24)42)22-5-3-4-19(14-22)35(46)47)25(23)15-33(36)31(44)40(32(45)34(27,33)37)21-8-6-20(38)7-9-21/h3-10,12-14,24-27,41,46-47H,11,15H2,1-2H3/t24-,25+,26-,27-,33+,34-/m0/s1. The Kier molecular flexibility index (Phi) is 7.22. The summed E-state index contributed by atoms with van der Waals surface area (Å²) in [6, 6.07) is 13.9. The van der Waals surface area contributed by atoms with Crippen LogP contribution in [0.15, 0.2) is 72.3 Å². The molecule has 47 heavy (non-hydrogen) atoms. The zero-order valence-corrected chi connectivity index (χ0v) is 26.7. The van der Waals surface area contributed by atoms with E-state index in [2.05, 4.69) is 0 Å². The van der Waals surface area contributed by atoms with Gasteiger partial charge in [-0.15, -0.1) is 23.2 Å². The predicted octanol–water partition coefficient (Wildman–Crippen LogP) is 3.60. The predicted molar refractivity (Wildman–Crippen MR) is 173 cm³/mol. The number of hydrogen-bond acceptors (Lipinski definition) is 7. The van der Waals surface area contributed by atoms with Crippen molar-refractivity contribution in [2.45, 2.75) is 42.4 Å². The van der Waals surface area contributed by atoms with E-state index in [9.17, 15) is 38.7 Å². The SMILES string of the molecule is Cc1cc([C@H]2C3=CC[C@@H]4C(=O)N(c5cccc(B(O)O)c5)C(=O)[C@@H]4[C@@H]3C[C@@]3(Cl)C(=O)N(c4ccc(F)cc4)C(=O)[C@@]23Cl)cc(C)c1O. The molecule has 1 saturated carbocycles. The number of anilines is 2. The van der Waals surface area contributed by atoms with Crippen LogP contribution in [0.2, 0.25) is 0 Å². The summed E-state index contributed by atoms with van der Waals surface area (Å²) in [5.74, 6) is -6.83. The average Bonchev–Trinajstić information content (AvgIpc) is 3.37. The Bertz CT molecular complexity index is 1910. The van der Waals surface area contributed by atoms with E-state index in [0.29, 0.717) is 22.3 Å². The molecule has 3 N–H and O–H groups in total. The summed E-state index contributed by atoms with van der Waals surface area (Å²) in [5, 5.41) is 30.0. The number of nitrogens with zero attached hydrogens (tertiary/aromatic N) is 2. The number of allylic oxidation sites excluding steroid dienone is 2. The third-order valence-corrected chi connectivity index (χ3v) is 11.6. The number of carbonyl (C=O) groups is 4. The smallest absolute Gasteiger partial charge is 0.488 e. The van der Waals surface area contributed by atoms with Gasteiger partial charge in [0.25, 0.3) is 11.8 Å². The first-order chi connectivity index (χ1) is 22.2. The molecule has 6 atom stereocenters. The zero-order valence-electron chi connectivity index (χ0n) is 25.2. The van der Waals surface area contributed by atoms with Gasteiger partial charge >= 0.3 is 7.12 Å². The van der Waals surface area contributed by atoms with Gasteiger partial charge in [0.2, 0.25) is 11.8 Å². The number of carbonyl (C=O) groups excluding carboxylic acids is 4. The zero-order chi connectivity index (χ0) is 33.7. The number of phenols is 1. The Hall–Kier alpha value is -4.03. The minimum Gasteiger partial charge on any atom is -0.507 e. The molecule has 9 nitrogen and oxygen atoms in total. The van der Waals surface area contributed by atoms with Crippen LogP contribution in [0.25, 0.3) is 0 Å². The second-order valence-electron chi connectivity index (χ2n) is 12.7. The van der Waals surface area contributed by atoms with Crippen LogP contribution in [0.5, 0.6) is 5.75 Å². The monoisotopic (exact) mass is 676 g/mol. The van der Waals surface area contributed by atoms with E-state index in [1.807, 2.05) is 0 Å². The summed E-state index contributed by atoms with van der Waals surface area (Å²) < 4.78 is 13.9. The van der Waals surface area contributed by atoms with Crippen LogP contribution in [-0.2, 0) is 19.2 Å². The molecule has 2 aliphatic heterocycles. The van der Waals surface area contributed by atoms with Crippen molar-refractivity contribution in [2.24, 2.45) is 17.8 Å². The molecular weight excluding hydrogens is 649 g/mol. The summed E-state index contributed by atoms with van der Waals surface area (Å²) in [5.41, 5.74) is 2.39. The second-order valence-corrected chi connectivity index (χ2v) is 14.0. The van der Waals surface area contributed by atoms with Crippen molar-refractivity contribution >= 4 is 70.8 Å². The second kappa shape index (κ2) is 10.7. The van der Waals surface area contributed by atoms with Crippen LogP contribution in [0, 0.1) is 37.4 Å². The number of benzene rings is 3. The van der Waals surface area contributed by atoms with Gasteiger partial charge in [0.15, 0.2) is 9.75 Å². The molecule has 3 aromatic carbocycles. The molecule has 0 radical (unpaired) electrons. The first-order valence-corrected chi connectivity index (χ1v) is 15.8. The maximum atomic E-state index is 14.5. The average molecular weight is 677 g/mol. The number of rotatable bonds is 4. The number of aryl methyl sites for hydroxylation is 2. The lowest BCUT2D eigenvalue weighted by Gasteiger charge is -2.50. The van der Waals surface area contributed by atoms with Crippen LogP contribution in [0.3, 0.4) is 0 Å². The molecule has 4 aliphatic rings. The van der Waals surface area contributed by atoms with E-state index >= 15 is 0 Å². The van der Waals surface area contributed by atoms with E-state index < -0.39 is 70.0 Å². The van der Waals surface area contributed by atoms with Crippen LogP contribution in [-0.4, -0.2) is 55.7 Å². The first kappa shape index (κ1) is 31.6. The number of hydrogen-bond donors (Lipinski definition) is 3. The maximum absolute atomic E-state index is 14.5. The molecule has 3 fully saturated rings. The normalized spacial score (nSPS) is 29.9. The fraction of sp³-hybridized carbons (Fsp3) is 0.294. The summed E-state index contributed by atoms with van der Waals surface area (Å²) in [6.07, 6.45) is 1.69. The summed E-state index contributed by atoms with van der Waals surface area (Å²) in [4.78, 5) is 54.6. The lowest BCUT2D eigenvalue weighted by atomic mass is 9.56. The molecule has 0 unspecified atom stereocenters. The van der Waals surface area contributed by atoms with E-state index in [1.165, 1.54) is 36.4 Å². The van der Waals surface area contributed by atoms with Crippen LogP contribution in [0.4, 0.5) is 15.8 Å². The number of alkyl halides is 2. The molecular formula is C34H28BCl2FN2O7. The molecule has 13 heteroatoms. The minimum absolute atomic E-state index is 0.0451. The quantitative estimate of drug-likeness (QED) is 0.166. The Morgan fingerprint density at radius 1 is 0.851 bits per heavy atom. The first-order valence-electron chi connectivity index (χ1n) is 15.1. The highest BCUT2D eigenvalue weighted by Gasteiger charge is 2.76. The highest BCUT2D eigenvalue weighted by atomic mass is 35.5. The van der Waals surface area contributed by atoms with E-state index in [4.69, 9.17) is 23.2 Å². The van der Waals surface area contributed by atoms with Gasteiger partial charge < -0.3 is 15.2 Å². The van der Waals surface area contributed by atoms with Crippen molar-refractivity contribution in [2.75, 3.05) is 9.80 Å². The molecule has 4 amide bonds. The Morgan fingerprint density at radius 2 is 1.51 bits per heavy atom. The van der Waals surface area contributed by atoms with Crippen molar-refractivity contribution < 1.29 is 38.7 Å². The highest BCUT2D eigenvalue weighted by molar-refractivity contribution is 6.59. The van der Waals surface area contributed by atoms with Gasteiger partial charge in [-0.1, -0.05) is 35.9 Å². The summed E-state index contributed by atoms with van der Waals surface area (Å²) in [6.45, 7) is 3.38. The molecule has 2 aliphatic carbocycles. The Morgan fingerprint density at radius 3 is 2.15 bits per heavy atom. The molecule has 240 valence electrons. The molecule has 0 bridgehead atoms. The van der Waals surface area contributed by atoms with Crippen molar-refractivity contribution in [3.8, 4) is 5.75 Å². The van der Waals surface area contributed by atoms with Gasteiger partial charge in [0.1, 0.15) is 11.6 Å². The van der Waals surface area contributed by atoms with Gasteiger partial charge in [0, 0.05) is 5.92 Å². The van der Waals surface area contributed by atoms with Gasteiger partial charge in [-0.2, -0.15) is 0 Å². The van der Waals surface area contributed by atoms with Crippen molar-refractivity contribution in [3.05, 3.63) is 94.8 Å². The fourth-order valence-corrected chi connectivity index (χ4v) is 8.94. The lowest BCUT2D eigenvalue weighted by molar-refractivity contribution is -0.125. The number of imide groups is 2. The van der Waals surface area contributed by atoms with E-state index in [0.717, 1.165) is 21.9 Å². The summed E-state index contributed by atoms with van der Waals surface area (Å²) in [7, 11) is -1.82. The van der Waals surface area contributed by atoms with Gasteiger partial charge in [-0.05, 0) is 91.2 Å². The number of fused-ring (bicyclic) bond motifs is 4. The molecule has 2 heterocycles. The minimum atomic E-state index is -2.10. The number of halogens is 3. The number of phenolic OH excluding ortho intramolecular Hbond substituents is 1. The number of amides is 4. The third-order valence-electron chi connectivity index (χ3n) is 10.2.